The van der Waals surface area contributed by atoms with Crippen molar-refractivity contribution in [2.45, 2.75) is 44.6 Å². The summed E-state index contributed by atoms with van der Waals surface area (Å²) in [7, 11) is 0. The first-order valence-corrected chi connectivity index (χ1v) is 6.83. The number of H-pyrrole nitrogens is 1. The van der Waals surface area contributed by atoms with E-state index in [-0.39, 0.29) is 5.56 Å². The van der Waals surface area contributed by atoms with E-state index in [1.807, 2.05) is 4.68 Å². The molecule has 0 amide bonds. The maximum atomic E-state index is 11.9. The Morgan fingerprint density at radius 2 is 2.18 bits per heavy atom. The van der Waals surface area contributed by atoms with Crippen molar-refractivity contribution in [3.8, 4) is 0 Å². The summed E-state index contributed by atoms with van der Waals surface area (Å²) < 4.78 is 1.81. The summed E-state index contributed by atoms with van der Waals surface area (Å²) in [4.78, 5) is 11.9. The predicted molar refractivity (Wildman–Crippen MR) is 67.2 cm³/mol. The maximum Gasteiger partial charge on any atom is 0.266 e. The average molecular weight is 235 g/mol. The molecule has 1 atom stereocenters. The fourth-order valence-corrected chi connectivity index (χ4v) is 2.86. The monoisotopic (exact) mass is 235 g/mol. The van der Waals surface area contributed by atoms with Crippen molar-refractivity contribution < 1.29 is 0 Å². The van der Waals surface area contributed by atoms with Crippen LogP contribution >= 0.6 is 0 Å². The third-order valence-corrected chi connectivity index (χ3v) is 4.19. The van der Waals surface area contributed by atoms with Gasteiger partial charge in [0, 0.05) is 24.2 Å². The zero-order valence-electron chi connectivity index (χ0n) is 10.2. The Labute approximate surface area is 101 Å². The van der Waals surface area contributed by atoms with Crippen LogP contribution in [0.25, 0.3) is 0 Å². The molecule has 1 saturated carbocycles. The third-order valence-electron chi connectivity index (χ3n) is 4.19. The lowest BCUT2D eigenvalue weighted by molar-refractivity contribution is 0.318. The molecule has 0 aromatic carbocycles. The molecule has 2 aliphatic rings. The summed E-state index contributed by atoms with van der Waals surface area (Å²) in [6, 6.07) is 1.81. The van der Waals surface area contributed by atoms with Crippen LogP contribution in [0.2, 0.25) is 0 Å². The van der Waals surface area contributed by atoms with Crippen LogP contribution in [0.15, 0.2) is 10.9 Å². The van der Waals surface area contributed by atoms with Gasteiger partial charge in [0.15, 0.2) is 0 Å². The molecule has 2 heterocycles. The minimum Gasteiger partial charge on any atom is -0.316 e. The number of aromatic amines is 1. The molecule has 1 saturated heterocycles. The summed E-state index contributed by atoms with van der Waals surface area (Å²) in [6.07, 6.45) is 6.26. The van der Waals surface area contributed by atoms with E-state index in [1.54, 1.807) is 6.07 Å². The second-order valence-electron chi connectivity index (χ2n) is 5.50. The normalized spacial score (nSPS) is 25.8. The fraction of sp³-hybridized carbons (Fsp3) is 0.769. The molecule has 17 heavy (non-hydrogen) atoms. The van der Waals surface area contributed by atoms with E-state index in [0.717, 1.165) is 25.3 Å². The number of rotatable bonds is 3. The van der Waals surface area contributed by atoms with E-state index in [1.165, 1.54) is 32.1 Å². The van der Waals surface area contributed by atoms with Gasteiger partial charge in [-0.1, -0.05) is 6.42 Å². The SMILES string of the molecule is O=c1cc(C2CCC2)[nH]n1C[C@H]1CCCNC1. The van der Waals surface area contributed by atoms with Crippen LogP contribution in [0.5, 0.6) is 0 Å². The fourth-order valence-electron chi connectivity index (χ4n) is 2.86. The molecule has 2 fully saturated rings. The van der Waals surface area contributed by atoms with E-state index < -0.39 is 0 Å². The molecule has 1 aliphatic heterocycles. The second kappa shape index (κ2) is 4.69. The molecule has 2 N–H and O–H groups in total. The number of aromatic nitrogens is 2. The highest BCUT2D eigenvalue weighted by Crippen LogP contribution is 2.34. The van der Waals surface area contributed by atoms with Gasteiger partial charge < -0.3 is 5.32 Å². The minimum absolute atomic E-state index is 0.150. The van der Waals surface area contributed by atoms with Crippen LogP contribution in [0.4, 0.5) is 0 Å². The Kier molecular flexibility index (Phi) is 3.05. The van der Waals surface area contributed by atoms with Gasteiger partial charge >= 0.3 is 0 Å². The summed E-state index contributed by atoms with van der Waals surface area (Å²) in [6.45, 7) is 3.02. The van der Waals surface area contributed by atoms with E-state index in [9.17, 15) is 4.79 Å². The van der Waals surface area contributed by atoms with Gasteiger partial charge in [-0.2, -0.15) is 0 Å². The highest BCUT2D eigenvalue weighted by Gasteiger charge is 2.22. The summed E-state index contributed by atoms with van der Waals surface area (Å²) in [5.74, 6) is 1.22. The van der Waals surface area contributed by atoms with Crippen LogP contribution < -0.4 is 10.9 Å². The molecule has 94 valence electrons. The summed E-state index contributed by atoms with van der Waals surface area (Å²) in [5, 5.41) is 6.70. The van der Waals surface area contributed by atoms with E-state index in [2.05, 4.69) is 10.4 Å². The molecule has 0 spiro atoms. The maximum absolute atomic E-state index is 11.9. The van der Waals surface area contributed by atoms with Crippen LogP contribution in [0.1, 0.15) is 43.7 Å². The number of nitrogens with zero attached hydrogens (tertiary/aromatic N) is 1. The van der Waals surface area contributed by atoms with Crippen molar-refractivity contribution in [3.63, 3.8) is 0 Å². The lowest BCUT2D eigenvalue weighted by atomic mass is 9.83. The highest BCUT2D eigenvalue weighted by molar-refractivity contribution is 5.09. The molecule has 0 unspecified atom stereocenters. The van der Waals surface area contributed by atoms with Crippen LogP contribution in [0.3, 0.4) is 0 Å². The highest BCUT2D eigenvalue weighted by atomic mass is 16.1. The molecule has 1 aromatic rings. The van der Waals surface area contributed by atoms with Gasteiger partial charge in [0.05, 0.1) is 0 Å². The zero-order chi connectivity index (χ0) is 11.7. The Balaban J connectivity index is 1.69. The lowest BCUT2D eigenvalue weighted by Crippen LogP contribution is -2.34. The van der Waals surface area contributed by atoms with Crippen molar-refractivity contribution in [1.29, 1.82) is 0 Å². The first kappa shape index (κ1) is 11.1. The number of hydrogen-bond acceptors (Lipinski definition) is 2. The van der Waals surface area contributed by atoms with Crippen molar-refractivity contribution in [2.75, 3.05) is 13.1 Å². The molecular formula is C13H21N3O. The Morgan fingerprint density at radius 3 is 2.82 bits per heavy atom. The van der Waals surface area contributed by atoms with E-state index >= 15 is 0 Å². The van der Waals surface area contributed by atoms with Crippen LogP contribution in [-0.4, -0.2) is 22.9 Å². The van der Waals surface area contributed by atoms with Gasteiger partial charge in [-0.05, 0) is 44.7 Å². The quantitative estimate of drug-likeness (QED) is 0.833. The molecule has 4 nitrogen and oxygen atoms in total. The Morgan fingerprint density at radius 1 is 1.29 bits per heavy atom. The Bertz CT molecular complexity index is 424. The first-order chi connectivity index (χ1) is 8.33. The molecule has 1 aliphatic carbocycles. The van der Waals surface area contributed by atoms with Crippen molar-refractivity contribution >= 4 is 0 Å². The average Bonchev–Trinajstić information content (AvgIpc) is 2.59. The van der Waals surface area contributed by atoms with Crippen molar-refractivity contribution in [2.24, 2.45) is 5.92 Å². The van der Waals surface area contributed by atoms with Gasteiger partial charge in [-0.15, -0.1) is 0 Å². The van der Waals surface area contributed by atoms with E-state index in [4.69, 9.17) is 0 Å². The van der Waals surface area contributed by atoms with Crippen molar-refractivity contribution in [1.82, 2.24) is 15.1 Å². The largest absolute Gasteiger partial charge is 0.316 e. The topological polar surface area (TPSA) is 49.8 Å². The first-order valence-electron chi connectivity index (χ1n) is 6.83. The van der Waals surface area contributed by atoms with Crippen LogP contribution in [-0.2, 0) is 6.54 Å². The molecule has 4 heteroatoms. The molecule has 3 rings (SSSR count). The summed E-state index contributed by atoms with van der Waals surface area (Å²) >= 11 is 0. The summed E-state index contributed by atoms with van der Waals surface area (Å²) in [5.41, 5.74) is 1.31. The zero-order valence-corrected chi connectivity index (χ0v) is 10.2. The Hall–Kier alpha value is -1.03. The van der Waals surface area contributed by atoms with Crippen molar-refractivity contribution in [3.05, 3.63) is 22.1 Å². The molecule has 0 radical (unpaired) electrons. The standard InChI is InChI=1S/C13H21N3O/c17-13-7-12(11-4-1-5-11)15-16(13)9-10-3-2-6-14-8-10/h7,10-11,14-15H,1-6,8-9H2/t10-/m0/s1. The molecule has 0 bridgehead atoms. The number of piperidine rings is 1. The minimum atomic E-state index is 0.150. The molecule has 1 aromatic heterocycles. The lowest BCUT2D eigenvalue weighted by Gasteiger charge is -2.24. The van der Waals surface area contributed by atoms with Gasteiger partial charge in [0.1, 0.15) is 0 Å². The van der Waals surface area contributed by atoms with Gasteiger partial charge in [-0.25, -0.2) is 0 Å². The predicted octanol–water partition coefficient (Wildman–Crippen LogP) is 1.44. The van der Waals surface area contributed by atoms with Gasteiger partial charge in [0.25, 0.3) is 5.56 Å². The number of hydrogen-bond donors (Lipinski definition) is 2. The van der Waals surface area contributed by atoms with E-state index in [0.29, 0.717) is 11.8 Å². The smallest absolute Gasteiger partial charge is 0.266 e. The van der Waals surface area contributed by atoms with Gasteiger partial charge in [0.2, 0.25) is 0 Å². The number of nitrogens with one attached hydrogen (secondary N) is 2. The third kappa shape index (κ3) is 2.32. The van der Waals surface area contributed by atoms with Crippen LogP contribution in [0, 0.1) is 5.92 Å². The second-order valence-corrected chi connectivity index (χ2v) is 5.50. The molecular weight excluding hydrogens is 214 g/mol. The van der Waals surface area contributed by atoms with Gasteiger partial charge in [-0.3, -0.25) is 14.6 Å².